The van der Waals surface area contributed by atoms with E-state index in [2.05, 4.69) is 21.0 Å². The van der Waals surface area contributed by atoms with Crippen LogP contribution >= 0.6 is 15.9 Å². The number of rotatable bonds is 6. The monoisotopic (exact) mass is 567 g/mol. The van der Waals surface area contributed by atoms with Gasteiger partial charge < -0.3 is 9.84 Å². The van der Waals surface area contributed by atoms with Crippen LogP contribution in [0.4, 0.5) is 30.7 Å². The summed E-state index contributed by atoms with van der Waals surface area (Å²) in [6.07, 6.45) is -8.31. The fraction of sp³-hybridized carbons (Fsp3) is 0.286. The molecule has 2 aromatic carbocycles. The molecule has 1 N–H and O–H groups in total. The first-order valence-corrected chi connectivity index (χ1v) is 10.3. The normalized spacial score (nSPS) is 18.7. The van der Waals surface area contributed by atoms with E-state index < -0.39 is 53.4 Å². The van der Waals surface area contributed by atoms with Gasteiger partial charge in [0.15, 0.2) is 6.61 Å². The van der Waals surface area contributed by atoms with Crippen LogP contribution in [-0.4, -0.2) is 52.1 Å². The zero-order valence-electron chi connectivity index (χ0n) is 17.2. The summed E-state index contributed by atoms with van der Waals surface area (Å²) < 4.78 is 101. The van der Waals surface area contributed by atoms with Crippen molar-refractivity contribution in [1.29, 1.82) is 5.26 Å². The Bertz CT molecular complexity index is 1200. The third-order valence-corrected chi connectivity index (χ3v) is 5.54. The first-order chi connectivity index (χ1) is 16.2. The van der Waals surface area contributed by atoms with Crippen LogP contribution in [-0.2, 0) is 4.79 Å². The van der Waals surface area contributed by atoms with Crippen LogP contribution in [0.1, 0.15) is 17.5 Å². The Labute approximate surface area is 201 Å². The maximum Gasteiger partial charge on any atom is 0.460 e. The van der Waals surface area contributed by atoms with E-state index in [1.165, 1.54) is 48.5 Å². The van der Waals surface area contributed by atoms with Crippen molar-refractivity contribution in [2.75, 3.05) is 6.61 Å². The van der Waals surface area contributed by atoms with Crippen molar-refractivity contribution >= 4 is 27.5 Å². The van der Waals surface area contributed by atoms with E-state index in [-0.39, 0.29) is 16.9 Å². The molecule has 0 fully saturated rings. The summed E-state index contributed by atoms with van der Waals surface area (Å²) in [5.41, 5.74) is -5.05. The molecule has 1 heterocycles. The highest BCUT2D eigenvalue weighted by molar-refractivity contribution is 9.10. The van der Waals surface area contributed by atoms with Gasteiger partial charge in [0.1, 0.15) is 11.8 Å². The van der Waals surface area contributed by atoms with Gasteiger partial charge in [-0.05, 0) is 29.8 Å². The maximum atomic E-state index is 14.8. The topological polar surface area (TPSA) is 85.9 Å². The van der Waals surface area contributed by atoms with Crippen molar-refractivity contribution < 1.29 is 45.4 Å². The number of carbonyl (C=O) groups is 1. The van der Waals surface area contributed by atoms with Gasteiger partial charge in [0, 0.05) is 10.9 Å². The molecule has 1 amide bonds. The SMILES string of the molecule is N#Cc1ccccc1OCC(=O)N1N=C(c2ccc(Br)cc2)C[C@@]1(O)C(F)(F)C(F)(F)C(F)(F)F. The molecule has 35 heavy (non-hydrogen) atoms. The molecule has 1 aliphatic heterocycles. The van der Waals surface area contributed by atoms with Crippen molar-refractivity contribution in [1.82, 2.24) is 5.01 Å². The Morgan fingerprint density at radius 3 is 2.29 bits per heavy atom. The maximum absolute atomic E-state index is 14.8. The van der Waals surface area contributed by atoms with Crippen LogP contribution < -0.4 is 4.74 Å². The molecule has 0 spiro atoms. The van der Waals surface area contributed by atoms with Crippen molar-refractivity contribution in [2.24, 2.45) is 5.10 Å². The van der Waals surface area contributed by atoms with Crippen molar-refractivity contribution in [3.8, 4) is 11.8 Å². The number of alkyl halides is 7. The first kappa shape index (κ1) is 26.4. The lowest BCUT2D eigenvalue weighted by Crippen LogP contribution is -2.69. The van der Waals surface area contributed by atoms with Crippen molar-refractivity contribution in [3.63, 3.8) is 0 Å². The van der Waals surface area contributed by atoms with Gasteiger partial charge in [-0.2, -0.15) is 46.1 Å². The number of para-hydroxylation sites is 1. The number of amides is 1. The Hall–Kier alpha value is -3.18. The molecular weight excluding hydrogens is 555 g/mol. The average Bonchev–Trinajstić information content (AvgIpc) is 3.16. The number of halogens is 8. The lowest BCUT2D eigenvalue weighted by Gasteiger charge is -2.41. The van der Waals surface area contributed by atoms with E-state index in [4.69, 9.17) is 10.00 Å². The zero-order valence-corrected chi connectivity index (χ0v) is 18.7. The molecule has 0 aliphatic carbocycles. The number of hydrazone groups is 1. The third-order valence-electron chi connectivity index (χ3n) is 5.01. The minimum Gasteiger partial charge on any atom is -0.482 e. The number of benzene rings is 2. The third kappa shape index (κ3) is 4.57. The first-order valence-electron chi connectivity index (χ1n) is 9.49. The summed E-state index contributed by atoms with van der Waals surface area (Å²) in [5, 5.41) is 22.6. The van der Waals surface area contributed by atoms with Gasteiger partial charge in [-0.3, -0.25) is 4.79 Å². The van der Waals surface area contributed by atoms with Gasteiger partial charge in [0.2, 0.25) is 5.72 Å². The molecule has 186 valence electrons. The number of nitrogens with zero attached hydrogens (tertiary/aromatic N) is 3. The summed E-state index contributed by atoms with van der Waals surface area (Å²) in [5.74, 6) is -14.8. The van der Waals surface area contributed by atoms with E-state index in [0.29, 0.717) is 4.47 Å². The van der Waals surface area contributed by atoms with Crippen LogP contribution in [0.5, 0.6) is 5.75 Å². The smallest absolute Gasteiger partial charge is 0.460 e. The minimum atomic E-state index is -6.76. The van der Waals surface area contributed by atoms with E-state index >= 15 is 0 Å². The molecular formula is C21H13BrF7N3O3. The molecule has 14 heteroatoms. The molecule has 0 aromatic heterocycles. The second kappa shape index (κ2) is 9.12. The van der Waals surface area contributed by atoms with Gasteiger partial charge in [0.25, 0.3) is 5.91 Å². The predicted octanol–water partition coefficient (Wildman–Crippen LogP) is 4.86. The van der Waals surface area contributed by atoms with Crippen LogP contribution in [0.25, 0.3) is 0 Å². The van der Waals surface area contributed by atoms with Gasteiger partial charge in [-0.15, -0.1) is 0 Å². The van der Waals surface area contributed by atoms with Crippen LogP contribution in [0.2, 0.25) is 0 Å². The summed E-state index contributed by atoms with van der Waals surface area (Å²) >= 11 is 3.11. The molecule has 0 radical (unpaired) electrons. The van der Waals surface area contributed by atoms with Gasteiger partial charge >= 0.3 is 18.0 Å². The van der Waals surface area contributed by atoms with Crippen LogP contribution in [0, 0.1) is 11.3 Å². The fourth-order valence-electron chi connectivity index (χ4n) is 3.17. The number of hydrogen-bond donors (Lipinski definition) is 1. The van der Waals surface area contributed by atoms with Crippen molar-refractivity contribution in [2.45, 2.75) is 30.2 Å². The predicted molar refractivity (Wildman–Crippen MR) is 110 cm³/mol. The van der Waals surface area contributed by atoms with Gasteiger partial charge in [-0.1, -0.05) is 40.2 Å². The molecule has 0 saturated heterocycles. The number of nitriles is 1. The highest BCUT2D eigenvalue weighted by atomic mass is 79.9. The number of aliphatic hydroxyl groups is 1. The van der Waals surface area contributed by atoms with Gasteiger partial charge in [-0.25, -0.2) is 0 Å². The van der Waals surface area contributed by atoms with E-state index in [1.54, 1.807) is 6.07 Å². The molecule has 0 bridgehead atoms. The summed E-state index contributed by atoms with van der Waals surface area (Å²) in [7, 11) is 0. The molecule has 2 aromatic rings. The number of ether oxygens (including phenoxy) is 1. The quantitative estimate of drug-likeness (QED) is 0.505. The summed E-state index contributed by atoms with van der Waals surface area (Å²) in [6, 6.07) is 12.4. The Balaban J connectivity index is 2.02. The summed E-state index contributed by atoms with van der Waals surface area (Å²) in [6.45, 7) is -1.22. The standard InChI is InChI=1S/C21H13BrF7N3O3/c22-14-7-5-12(6-8-14)15-9-18(34,19(23,24)20(25,26)21(27,28)29)32(31-15)17(33)11-35-16-4-2-1-3-13(16)10-30/h1-8,34H,9,11H2/t18-/m1/s1. The van der Waals surface area contributed by atoms with Crippen LogP contribution in [0.15, 0.2) is 58.1 Å². The average molecular weight is 568 g/mol. The highest BCUT2D eigenvalue weighted by Crippen LogP contribution is 2.54. The zero-order chi connectivity index (χ0) is 26.2. The molecule has 1 aliphatic rings. The number of hydrogen-bond acceptors (Lipinski definition) is 5. The van der Waals surface area contributed by atoms with E-state index in [0.717, 1.165) is 0 Å². The summed E-state index contributed by atoms with van der Waals surface area (Å²) in [4.78, 5) is 12.7. The van der Waals surface area contributed by atoms with E-state index in [1.807, 2.05) is 0 Å². The lowest BCUT2D eigenvalue weighted by molar-refractivity contribution is -0.401. The Morgan fingerprint density at radius 2 is 1.71 bits per heavy atom. The lowest BCUT2D eigenvalue weighted by atomic mass is 9.91. The van der Waals surface area contributed by atoms with E-state index in [9.17, 15) is 40.6 Å². The number of carbonyl (C=O) groups excluding carboxylic acids is 1. The Morgan fingerprint density at radius 1 is 1.11 bits per heavy atom. The molecule has 1 atom stereocenters. The fourth-order valence-corrected chi connectivity index (χ4v) is 3.43. The van der Waals surface area contributed by atoms with Gasteiger partial charge in [0.05, 0.1) is 11.3 Å². The molecule has 6 nitrogen and oxygen atoms in total. The minimum absolute atomic E-state index is 0.0243. The van der Waals surface area contributed by atoms with Crippen LogP contribution in [0.3, 0.4) is 0 Å². The molecule has 0 unspecified atom stereocenters. The van der Waals surface area contributed by atoms with Crippen molar-refractivity contribution in [3.05, 3.63) is 64.1 Å². The second-order valence-electron chi connectivity index (χ2n) is 7.30. The highest BCUT2D eigenvalue weighted by Gasteiger charge is 2.82. The largest absolute Gasteiger partial charge is 0.482 e. The molecule has 0 saturated carbocycles. The Kier molecular flexibility index (Phi) is 6.89. The second-order valence-corrected chi connectivity index (χ2v) is 8.21. The molecule has 3 rings (SSSR count).